The van der Waals surface area contributed by atoms with Gasteiger partial charge >= 0.3 is 0 Å². The number of carbonyl (C=O) groups excluding carboxylic acids is 2. The molecule has 1 saturated heterocycles. The summed E-state index contributed by atoms with van der Waals surface area (Å²) in [7, 11) is 0. The van der Waals surface area contributed by atoms with Gasteiger partial charge < -0.3 is 15.5 Å². The largest absolute Gasteiger partial charge is 0.340 e. The second-order valence-corrected chi connectivity index (χ2v) is 11.2. The van der Waals surface area contributed by atoms with E-state index in [0.29, 0.717) is 48.9 Å². The van der Waals surface area contributed by atoms with Crippen LogP contribution in [0.5, 0.6) is 0 Å². The van der Waals surface area contributed by atoms with Gasteiger partial charge in [-0.25, -0.2) is 14.4 Å². The highest BCUT2D eigenvalue weighted by molar-refractivity contribution is 5.97. The van der Waals surface area contributed by atoms with E-state index in [1.165, 1.54) is 12.1 Å². The van der Waals surface area contributed by atoms with Gasteiger partial charge in [-0.1, -0.05) is 24.3 Å². The van der Waals surface area contributed by atoms with E-state index in [0.717, 1.165) is 43.6 Å². The molecule has 2 amide bonds. The average molecular weight is 559 g/mol. The lowest BCUT2D eigenvalue weighted by atomic mass is 10.1. The second kappa shape index (κ2) is 13.3. The fourth-order valence-corrected chi connectivity index (χ4v) is 5.49. The summed E-state index contributed by atoms with van der Waals surface area (Å²) in [5.74, 6) is 0.485. The molecular weight excluding hydrogens is 519 g/mol. The van der Waals surface area contributed by atoms with Crippen LogP contribution in [0.4, 0.5) is 4.39 Å². The van der Waals surface area contributed by atoms with Gasteiger partial charge in [0.1, 0.15) is 11.9 Å². The first-order valence-electron chi connectivity index (χ1n) is 14.6. The van der Waals surface area contributed by atoms with Gasteiger partial charge in [-0.3, -0.25) is 14.5 Å². The minimum Gasteiger partial charge on any atom is -0.340 e. The number of aromatic nitrogens is 2. The molecule has 3 aromatic rings. The molecule has 0 spiro atoms. The van der Waals surface area contributed by atoms with E-state index in [2.05, 4.69) is 39.3 Å². The lowest BCUT2D eigenvalue weighted by Crippen LogP contribution is -2.56. The zero-order chi connectivity index (χ0) is 28.8. The molecule has 1 aliphatic heterocycles. The zero-order valence-corrected chi connectivity index (χ0v) is 23.8. The van der Waals surface area contributed by atoms with E-state index < -0.39 is 6.04 Å². The van der Waals surface area contributed by atoms with Crippen molar-refractivity contribution < 1.29 is 14.0 Å². The number of rotatable bonds is 11. The molecule has 5 rings (SSSR count). The highest BCUT2D eigenvalue weighted by Crippen LogP contribution is 2.40. The SMILES string of the molecule is CC(C)N1CCN(C(=O)[C@H](CCCNC2C[C@H]2c2ccc(F)cc2)NC(=O)c2ccc(-c3ncccn3)cc2)CC1. The molecule has 216 valence electrons. The molecule has 9 heteroatoms. The third kappa shape index (κ3) is 7.54. The molecular formula is C32H39FN6O2. The highest BCUT2D eigenvalue weighted by Gasteiger charge is 2.37. The van der Waals surface area contributed by atoms with Crippen LogP contribution in [0.3, 0.4) is 0 Å². The van der Waals surface area contributed by atoms with Crippen LogP contribution in [0.1, 0.15) is 54.9 Å². The fraction of sp³-hybridized carbons (Fsp3) is 0.438. The van der Waals surface area contributed by atoms with Crippen molar-refractivity contribution in [3.8, 4) is 11.4 Å². The van der Waals surface area contributed by atoms with Crippen molar-refractivity contribution >= 4 is 11.8 Å². The van der Waals surface area contributed by atoms with E-state index in [9.17, 15) is 14.0 Å². The molecule has 41 heavy (non-hydrogen) atoms. The maximum Gasteiger partial charge on any atom is 0.251 e. The van der Waals surface area contributed by atoms with E-state index in [1.54, 1.807) is 30.6 Å². The molecule has 8 nitrogen and oxygen atoms in total. The highest BCUT2D eigenvalue weighted by atomic mass is 19.1. The van der Waals surface area contributed by atoms with Gasteiger partial charge in [-0.15, -0.1) is 0 Å². The number of amides is 2. The van der Waals surface area contributed by atoms with Crippen molar-refractivity contribution in [1.82, 2.24) is 30.4 Å². The van der Waals surface area contributed by atoms with Crippen molar-refractivity contribution in [3.63, 3.8) is 0 Å². The number of carbonyl (C=O) groups is 2. The van der Waals surface area contributed by atoms with E-state index in [-0.39, 0.29) is 17.6 Å². The third-order valence-electron chi connectivity index (χ3n) is 8.10. The van der Waals surface area contributed by atoms with Gasteiger partial charge in [0, 0.05) is 67.7 Å². The van der Waals surface area contributed by atoms with E-state index in [1.807, 2.05) is 29.2 Å². The summed E-state index contributed by atoms with van der Waals surface area (Å²) in [4.78, 5) is 39.6. The number of hydrogen-bond donors (Lipinski definition) is 2. The second-order valence-electron chi connectivity index (χ2n) is 11.2. The van der Waals surface area contributed by atoms with E-state index >= 15 is 0 Å². The molecule has 0 radical (unpaired) electrons. The number of benzene rings is 2. The summed E-state index contributed by atoms with van der Waals surface area (Å²) < 4.78 is 13.2. The van der Waals surface area contributed by atoms with Crippen molar-refractivity contribution in [2.24, 2.45) is 0 Å². The predicted octanol–water partition coefficient (Wildman–Crippen LogP) is 3.86. The minimum atomic E-state index is -0.598. The van der Waals surface area contributed by atoms with Crippen LogP contribution in [-0.2, 0) is 4.79 Å². The van der Waals surface area contributed by atoms with Crippen LogP contribution in [-0.4, -0.2) is 82.4 Å². The Morgan fingerprint density at radius 3 is 2.32 bits per heavy atom. The standard InChI is InChI=1S/C32H39FN6O2/c1-22(2)38-17-19-39(20-18-38)32(41)28(5-3-14-34-29-21-27(29)23-10-12-26(33)13-11-23)37-31(40)25-8-6-24(7-9-25)30-35-15-4-16-36-30/h4,6-13,15-16,22,27-29,34H,3,5,14,17-21H2,1-2H3,(H,37,40)/t27-,28-,29?/m0/s1. The maximum absolute atomic E-state index is 13.6. The smallest absolute Gasteiger partial charge is 0.251 e. The minimum absolute atomic E-state index is 0.0216. The summed E-state index contributed by atoms with van der Waals surface area (Å²) >= 11 is 0. The molecule has 1 saturated carbocycles. The van der Waals surface area contributed by atoms with Gasteiger partial charge in [0.2, 0.25) is 5.91 Å². The molecule has 2 aliphatic rings. The summed E-state index contributed by atoms with van der Waals surface area (Å²) in [6.45, 7) is 8.08. The summed E-state index contributed by atoms with van der Waals surface area (Å²) in [5.41, 5.74) is 2.46. The first kappa shape index (κ1) is 28.8. The molecule has 1 aromatic heterocycles. The zero-order valence-electron chi connectivity index (χ0n) is 23.8. The molecule has 2 aromatic carbocycles. The van der Waals surface area contributed by atoms with Gasteiger partial charge in [0.25, 0.3) is 5.91 Å². The van der Waals surface area contributed by atoms with E-state index in [4.69, 9.17) is 0 Å². The van der Waals surface area contributed by atoms with Crippen molar-refractivity contribution in [1.29, 1.82) is 0 Å². The Morgan fingerprint density at radius 2 is 1.66 bits per heavy atom. The quantitative estimate of drug-likeness (QED) is 0.348. The Labute approximate surface area is 241 Å². The van der Waals surface area contributed by atoms with Crippen LogP contribution in [0, 0.1) is 5.82 Å². The first-order chi connectivity index (χ1) is 19.9. The third-order valence-corrected chi connectivity index (χ3v) is 8.10. The van der Waals surface area contributed by atoms with Gasteiger partial charge in [-0.2, -0.15) is 0 Å². The van der Waals surface area contributed by atoms with Crippen LogP contribution in [0.2, 0.25) is 0 Å². The Balaban J connectivity index is 1.18. The molecule has 0 bridgehead atoms. The number of hydrogen-bond acceptors (Lipinski definition) is 6. The first-order valence-corrected chi connectivity index (χ1v) is 14.6. The normalized spacial score (nSPS) is 19.7. The van der Waals surface area contributed by atoms with Gasteiger partial charge in [0.05, 0.1) is 0 Å². The lowest BCUT2D eigenvalue weighted by Gasteiger charge is -2.38. The number of nitrogens with one attached hydrogen (secondary N) is 2. The Hall–Kier alpha value is -3.69. The number of halogens is 1. The number of piperazine rings is 1. The van der Waals surface area contributed by atoms with Gasteiger partial charge in [0.15, 0.2) is 5.82 Å². The van der Waals surface area contributed by atoms with Crippen LogP contribution >= 0.6 is 0 Å². The molecule has 3 atom stereocenters. The van der Waals surface area contributed by atoms with Crippen molar-refractivity contribution in [3.05, 3.63) is 83.9 Å². The molecule has 2 fully saturated rings. The fourth-order valence-electron chi connectivity index (χ4n) is 5.49. The molecule has 2 N–H and O–H groups in total. The van der Waals surface area contributed by atoms with Crippen LogP contribution in [0.15, 0.2) is 67.0 Å². The Kier molecular flexibility index (Phi) is 9.36. The monoisotopic (exact) mass is 558 g/mol. The van der Waals surface area contributed by atoms with Gasteiger partial charge in [-0.05, 0) is 75.5 Å². The molecule has 1 unspecified atom stereocenters. The van der Waals surface area contributed by atoms with Crippen LogP contribution in [0.25, 0.3) is 11.4 Å². The Bertz CT molecular complexity index is 1290. The number of nitrogens with zero attached hydrogens (tertiary/aromatic N) is 4. The summed E-state index contributed by atoms with van der Waals surface area (Å²) in [6, 6.07) is 15.8. The maximum atomic E-state index is 13.6. The summed E-state index contributed by atoms with van der Waals surface area (Å²) in [6.07, 6.45) is 5.68. The average Bonchev–Trinajstić information content (AvgIpc) is 3.78. The van der Waals surface area contributed by atoms with Crippen molar-refractivity contribution in [2.75, 3.05) is 32.7 Å². The predicted molar refractivity (Wildman–Crippen MR) is 157 cm³/mol. The molecule has 1 aliphatic carbocycles. The lowest BCUT2D eigenvalue weighted by molar-refractivity contribution is -0.135. The molecule has 2 heterocycles. The Morgan fingerprint density at radius 1 is 0.976 bits per heavy atom. The van der Waals surface area contributed by atoms with Crippen molar-refractivity contribution in [2.45, 2.75) is 57.2 Å². The topological polar surface area (TPSA) is 90.5 Å². The summed E-state index contributed by atoms with van der Waals surface area (Å²) in [5, 5.41) is 6.60. The van der Waals surface area contributed by atoms with Crippen LogP contribution < -0.4 is 10.6 Å².